The van der Waals surface area contributed by atoms with Crippen molar-refractivity contribution in [3.63, 3.8) is 0 Å². The average molecular weight is 774 g/mol. The second-order valence-electron chi connectivity index (χ2n) is 9.99. The summed E-state index contributed by atoms with van der Waals surface area (Å²) in [5.74, 6) is -0.101. The fraction of sp³-hybridized carbons (Fsp3) is 0.171. The molecule has 3 aromatic carbocycles. The van der Waals surface area contributed by atoms with Crippen LogP contribution < -0.4 is 21.7 Å². The van der Waals surface area contributed by atoms with Crippen LogP contribution in [0.4, 0.5) is 24.7 Å². The molecular formula is C35H34BrClF3N6O2P. The predicted octanol–water partition coefficient (Wildman–Crippen LogP) is 8.37. The zero-order valence-corrected chi connectivity index (χ0v) is 30.3. The maximum absolute atomic E-state index is 12.8. The molecule has 1 unspecified atom stereocenters. The number of carbonyl (C=O) groups excluding carboxylic acids is 2. The Kier molecular flexibility index (Phi) is 14.2. The number of nitrogens with one attached hydrogen (secondary N) is 2. The van der Waals surface area contributed by atoms with Crippen molar-refractivity contribution in [1.82, 2.24) is 4.98 Å². The topological polar surface area (TPSA) is 122 Å². The number of rotatable bonds is 8. The summed E-state index contributed by atoms with van der Waals surface area (Å²) in [6.07, 6.45) is 1.17. The standard InChI is InChI=1S/C27H21BrF3N4O2P.C6H7ClN2.C2H6/c1-33-25(15-2-4-18(5-3-15)27(29,30)31)34-9-8-14-10-17(11-14)26(37)35-22-21(24(32)36)13-16-12-19(28)6-7-20(16)23(22)38;1-8-6-5(7)3-2-4-9-6;1-2/h2-7,10-13H,1,8-9,38H2,(H2,32,36)(H,35,37);2-4H,1H3,(H,8,9);1-2H3. The lowest BCUT2D eigenvalue weighted by molar-refractivity contribution is -0.137. The molecule has 1 aromatic heterocycles. The lowest BCUT2D eigenvalue weighted by atomic mass is 9.95. The second kappa shape index (κ2) is 17.9. The van der Waals surface area contributed by atoms with E-state index in [2.05, 4.69) is 57.5 Å². The SMILES string of the molecule is C=NC(=NCCC1=CC(C(=O)Nc2c(C(N)=O)cc3cc(Br)ccc3c2P)=C1)c1ccc(C(F)(F)F)cc1.CC.CNc1ncccc1Cl. The van der Waals surface area contributed by atoms with E-state index in [1.54, 1.807) is 43.6 Å². The zero-order valence-electron chi connectivity index (χ0n) is 26.8. The summed E-state index contributed by atoms with van der Waals surface area (Å²) in [5, 5.41) is 8.58. The van der Waals surface area contributed by atoms with Crippen molar-refractivity contribution in [2.45, 2.75) is 26.4 Å². The predicted molar refractivity (Wildman–Crippen MR) is 201 cm³/mol. The van der Waals surface area contributed by atoms with Crippen LogP contribution in [0.15, 0.2) is 105 Å². The molecule has 4 N–H and O–H groups in total. The van der Waals surface area contributed by atoms with Crippen LogP contribution in [0.2, 0.25) is 5.02 Å². The highest BCUT2D eigenvalue weighted by Crippen LogP contribution is 2.30. The van der Waals surface area contributed by atoms with E-state index < -0.39 is 23.6 Å². The van der Waals surface area contributed by atoms with Gasteiger partial charge in [-0.2, -0.15) is 13.2 Å². The molecule has 0 saturated carbocycles. The molecule has 0 bridgehead atoms. The largest absolute Gasteiger partial charge is 0.416 e. The van der Waals surface area contributed by atoms with Crippen molar-refractivity contribution < 1.29 is 22.8 Å². The molecular weight excluding hydrogens is 740 g/mol. The number of benzene rings is 3. The van der Waals surface area contributed by atoms with Gasteiger partial charge in [0.2, 0.25) is 0 Å². The number of allylic oxidation sites excluding steroid dienone is 1. The van der Waals surface area contributed by atoms with E-state index in [0.29, 0.717) is 40.1 Å². The van der Waals surface area contributed by atoms with Crippen LogP contribution in [0.1, 0.15) is 41.8 Å². The molecule has 1 aliphatic carbocycles. The van der Waals surface area contributed by atoms with Crippen LogP contribution in [-0.4, -0.2) is 42.9 Å². The lowest BCUT2D eigenvalue weighted by Crippen LogP contribution is -2.24. The number of anilines is 2. The number of nitrogens with zero attached hydrogens (tertiary/aromatic N) is 3. The van der Waals surface area contributed by atoms with Crippen LogP contribution in [0.5, 0.6) is 0 Å². The van der Waals surface area contributed by atoms with Crippen molar-refractivity contribution in [3.05, 3.63) is 116 Å². The minimum absolute atomic E-state index is 0.195. The van der Waals surface area contributed by atoms with Crippen molar-refractivity contribution >= 4 is 88.7 Å². The number of pyridine rings is 1. The average Bonchev–Trinajstić information content (AvgIpc) is 3.06. The van der Waals surface area contributed by atoms with Crippen LogP contribution in [0.25, 0.3) is 10.8 Å². The van der Waals surface area contributed by atoms with Crippen molar-refractivity contribution in [3.8, 4) is 0 Å². The summed E-state index contributed by atoms with van der Waals surface area (Å²) in [5.41, 5.74) is 7.05. The number of hydrogen-bond acceptors (Lipinski definition) is 5. The first-order chi connectivity index (χ1) is 23.3. The number of alkyl halides is 3. The third-order valence-electron chi connectivity index (χ3n) is 6.87. The van der Waals surface area contributed by atoms with Crippen molar-refractivity contribution in [2.24, 2.45) is 15.7 Å². The molecule has 256 valence electrons. The number of amides is 2. The van der Waals surface area contributed by atoms with Gasteiger partial charge in [-0.1, -0.05) is 59.6 Å². The Morgan fingerprint density at radius 3 is 2.31 bits per heavy atom. The Balaban J connectivity index is 0.000000507. The molecule has 0 aliphatic heterocycles. The maximum atomic E-state index is 12.8. The van der Waals surface area contributed by atoms with E-state index in [1.807, 2.05) is 32.0 Å². The highest BCUT2D eigenvalue weighted by molar-refractivity contribution is 9.10. The fourth-order valence-corrected chi connectivity index (χ4v) is 5.57. The summed E-state index contributed by atoms with van der Waals surface area (Å²) >= 11 is 9.11. The van der Waals surface area contributed by atoms with Gasteiger partial charge in [0, 0.05) is 40.7 Å². The number of halogens is 5. The number of aromatic nitrogens is 1. The molecule has 14 heteroatoms. The monoisotopic (exact) mass is 772 g/mol. The number of primary amides is 1. The van der Waals surface area contributed by atoms with Gasteiger partial charge in [-0.3, -0.25) is 14.6 Å². The Hall–Kier alpha value is -4.38. The molecule has 1 aliphatic rings. The summed E-state index contributed by atoms with van der Waals surface area (Å²) in [4.78, 5) is 37.0. The first-order valence-electron chi connectivity index (χ1n) is 14.8. The number of hydrogen-bond donors (Lipinski definition) is 3. The molecule has 8 nitrogen and oxygen atoms in total. The molecule has 0 fully saturated rings. The van der Waals surface area contributed by atoms with Gasteiger partial charge in [-0.15, -0.1) is 9.24 Å². The molecule has 2 amide bonds. The highest BCUT2D eigenvalue weighted by Gasteiger charge is 2.30. The first-order valence-corrected chi connectivity index (χ1v) is 16.6. The van der Waals surface area contributed by atoms with Gasteiger partial charge in [0.1, 0.15) is 5.82 Å². The minimum atomic E-state index is -4.42. The van der Waals surface area contributed by atoms with Crippen molar-refractivity contribution in [1.29, 1.82) is 0 Å². The van der Waals surface area contributed by atoms with Gasteiger partial charge in [0.05, 0.1) is 21.8 Å². The fourth-order valence-electron chi connectivity index (χ4n) is 4.48. The Morgan fingerprint density at radius 2 is 1.76 bits per heavy atom. The van der Waals surface area contributed by atoms with E-state index >= 15 is 0 Å². The van der Waals surface area contributed by atoms with Crippen LogP contribution in [0, 0.1) is 0 Å². The molecule has 0 radical (unpaired) electrons. The van der Waals surface area contributed by atoms with Gasteiger partial charge in [-0.05, 0) is 84.1 Å². The maximum Gasteiger partial charge on any atom is 0.416 e. The summed E-state index contributed by atoms with van der Waals surface area (Å²) in [6, 6.07) is 15.4. The summed E-state index contributed by atoms with van der Waals surface area (Å²) in [6.45, 7) is 7.75. The first kappa shape index (κ1) is 39.1. The molecule has 0 spiro atoms. The van der Waals surface area contributed by atoms with Gasteiger partial charge < -0.3 is 16.4 Å². The number of aliphatic imine (C=N–C) groups is 2. The summed E-state index contributed by atoms with van der Waals surface area (Å²) in [7, 11) is 4.34. The van der Waals surface area contributed by atoms with E-state index in [1.165, 1.54) is 12.1 Å². The molecule has 5 rings (SSSR count). The quantitative estimate of drug-likeness (QED) is 0.0947. The highest BCUT2D eigenvalue weighted by atomic mass is 79.9. The number of amidine groups is 1. The Morgan fingerprint density at radius 1 is 1.08 bits per heavy atom. The minimum Gasteiger partial charge on any atom is -0.372 e. The van der Waals surface area contributed by atoms with Crippen molar-refractivity contribution in [2.75, 3.05) is 24.2 Å². The zero-order chi connectivity index (χ0) is 36.3. The third-order valence-corrected chi connectivity index (χ3v) is 8.27. The van der Waals surface area contributed by atoms with E-state index in [-0.39, 0.29) is 11.4 Å². The van der Waals surface area contributed by atoms with Crippen LogP contribution >= 0.6 is 36.8 Å². The van der Waals surface area contributed by atoms with E-state index in [0.717, 1.165) is 38.8 Å². The van der Waals surface area contributed by atoms with Crippen LogP contribution in [0.3, 0.4) is 0 Å². The van der Waals surface area contributed by atoms with E-state index in [4.69, 9.17) is 17.3 Å². The van der Waals surface area contributed by atoms with Crippen LogP contribution in [-0.2, 0) is 11.0 Å². The molecule has 49 heavy (non-hydrogen) atoms. The number of carbonyl (C=O) groups is 2. The van der Waals surface area contributed by atoms with Gasteiger partial charge in [0.15, 0.2) is 5.84 Å². The number of fused-ring (bicyclic) bond motifs is 1. The summed E-state index contributed by atoms with van der Waals surface area (Å²) < 4.78 is 39.2. The van der Waals surface area contributed by atoms with Gasteiger partial charge in [-0.25, -0.2) is 9.98 Å². The normalized spacial score (nSPS) is 12.2. The molecule has 1 heterocycles. The molecule has 0 saturated heterocycles. The smallest absolute Gasteiger partial charge is 0.372 e. The molecule has 4 aromatic rings. The van der Waals surface area contributed by atoms with Gasteiger partial charge >= 0.3 is 6.18 Å². The Labute approximate surface area is 298 Å². The second-order valence-corrected chi connectivity index (χ2v) is 11.9. The van der Waals surface area contributed by atoms with Gasteiger partial charge in [0.25, 0.3) is 11.8 Å². The number of nitrogens with two attached hydrogens (primary N) is 1. The lowest BCUT2D eigenvalue weighted by Gasteiger charge is -2.18. The van der Waals surface area contributed by atoms with E-state index in [9.17, 15) is 22.8 Å². The Bertz CT molecular complexity index is 1950. The third kappa shape index (κ3) is 10.3. The molecule has 1 atom stereocenters.